The van der Waals surface area contributed by atoms with E-state index in [0.717, 1.165) is 18.7 Å². The third kappa shape index (κ3) is 4.03. The van der Waals surface area contributed by atoms with Crippen molar-refractivity contribution in [2.24, 2.45) is 0 Å². The summed E-state index contributed by atoms with van der Waals surface area (Å²) >= 11 is 2.33. The standard InChI is InChI=1S/C20H20INO/c1-23-20(15-22-19-9-5-8-18(21)14-19)12-10-17(11-13-20)16-6-3-2-4-7-16/h2-12,14,22H,13,15H2,1H3. The van der Waals surface area contributed by atoms with Crippen LogP contribution in [0.25, 0.3) is 5.57 Å². The smallest absolute Gasteiger partial charge is 0.107 e. The maximum absolute atomic E-state index is 5.82. The minimum absolute atomic E-state index is 0.292. The summed E-state index contributed by atoms with van der Waals surface area (Å²) in [6.07, 6.45) is 7.46. The number of benzene rings is 2. The van der Waals surface area contributed by atoms with Crippen molar-refractivity contribution in [3.8, 4) is 0 Å². The van der Waals surface area contributed by atoms with E-state index in [4.69, 9.17) is 4.74 Å². The van der Waals surface area contributed by atoms with Gasteiger partial charge in [-0.25, -0.2) is 0 Å². The molecule has 0 aliphatic heterocycles. The molecule has 1 aliphatic rings. The van der Waals surface area contributed by atoms with Crippen LogP contribution >= 0.6 is 22.6 Å². The van der Waals surface area contributed by atoms with E-state index in [0.29, 0.717) is 0 Å². The first-order valence-electron chi connectivity index (χ1n) is 7.70. The Morgan fingerprint density at radius 3 is 2.61 bits per heavy atom. The second-order valence-electron chi connectivity index (χ2n) is 5.70. The van der Waals surface area contributed by atoms with Crippen molar-refractivity contribution in [2.75, 3.05) is 19.0 Å². The summed E-state index contributed by atoms with van der Waals surface area (Å²) in [6.45, 7) is 0.749. The third-order valence-electron chi connectivity index (χ3n) is 4.16. The van der Waals surface area contributed by atoms with Gasteiger partial charge in [-0.05, 0) is 51.9 Å². The Bertz CT molecular complexity index is 723. The van der Waals surface area contributed by atoms with Gasteiger partial charge in [-0.1, -0.05) is 54.6 Å². The van der Waals surface area contributed by atoms with Gasteiger partial charge < -0.3 is 10.1 Å². The normalized spacial score (nSPS) is 20.2. The molecule has 0 aromatic heterocycles. The quantitative estimate of drug-likeness (QED) is 0.681. The number of nitrogens with one attached hydrogen (secondary N) is 1. The number of ether oxygens (including phenoxy) is 1. The zero-order chi connectivity index (χ0) is 16.1. The van der Waals surface area contributed by atoms with Crippen molar-refractivity contribution in [3.63, 3.8) is 0 Å². The van der Waals surface area contributed by atoms with E-state index in [2.05, 4.69) is 94.7 Å². The van der Waals surface area contributed by atoms with E-state index in [9.17, 15) is 0 Å². The average Bonchev–Trinajstić information content (AvgIpc) is 2.61. The number of rotatable bonds is 5. The molecule has 23 heavy (non-hydrogen) atoms. The number of methoxy groups -OCH3 is 1. The van der Waals surface area contributed by atoms with Crippen LogP contribution in [0.4, 0.5) is 5.69 Å². The summed E-state index contributed by atoms with van der Waals surface area (Å²) < 4.78 is 7.05. The molecule has 3 rings (SSSR count). The maximum atomic E-state index is 5.82. The predicted molar refractivity (Wildman–Crippen MR) is 106 cm³/mol. The van der Waals surface area contributed by atoms with E-state index < -0.39 is 0 Å². The van der Waals surface area contributed by atoms with Crippen molar-refractivity contribution in [1.82, 2.24) is 0 Å². The van der Waals surface area contributed by atoms with Crippen LogP contribution in [0.5, 0.6) is 0 Å². The maximum Gasteiger partial charge on any atom is 0.107 e. The minimum Gasteiger partial charge on any atom is -0.382 e. The summed E-state index contributed by atoms with van der Waals surface area (Å²) in [5.74, 6) is 0. The number of anilines is 1. The molecule has 2 aromatic rings. The van der Waals surface area contributed by atoms with Crippen LogP contribution in [-0.2, 0) is 4.74 Å². The van der Waals surface area contributed by atoms with E-state index in [1.807, 2.05) is 6.07 Å². The highest BCUT2D eigenvalue weighted by Crippen LogP contribution is 2.29. The Balaban J connectivity index is 1.69. The summed E-state index contributed by atoms with van der Waals surface area (Å²) in [7, 11) is 1.78. The second kappa shape index (κ2) is 7.32. The zero-order valence-corrected chi connectivity index (χ0v) is 15.3. The zero-order valence-electron chi connectivity index (χ0n) is 13.1. The van der Waals surface area contributed by atoms with Gasteiger partial charge in [0.05, 0.1) is 0 Å². The van der Waals surface area contributed by atoms with Gasteiger partial charge in [-0.15, -0.1) is 0 Å². The van der Waals surface area contributed by atoms with Crippen LogP contribution in [0.3, 0.4) is 0 Å². The van der Waals surface area contributed by atoms with Crippen LogP contribution in [0, 0.1) is 3.57 Å². The fourth-order valence-electron chi connectivity index (χ4n) is 2.71. The summed E-state index contributed by atoms with van der Waals surface area (Å²) in [6, 6.07) is 18.8. The fourth-order valence-corrected chi connectivity index (χ4v) is 3.25. The van der Waals surface area contributed by atoms with Crippen LogP contribution in [0.2, 0.25) is 0 Å². The lowest BCUT2D eigenvalue weighted by Crippen LogP contribution is -2.37. The fraction of sp³-hybridized carbons (Fsp3) is 0.200. The molecule has 118 valence electrons. The Morgan fingerprint density at radius 1 is 1.13 bits per heavy atom. The molecule has 0 saturated carbocycles. The average molecular weight is 417 g/mol. The molecule has 0 radical (unpaired) electrons. The first kappa shape index (κ1) is 16.3. The molecule has 0 spiro atoms. The molecule has 0 amide bonds. The largest absolute Gasteiger partial charge is 0.382 e. The van der Waals surface area contributed by atoms with Gasteiger partial charge in [0.15, 0.2) is 0 Å². The summed E-state index contributed by atoms with van der Waals surface area (Å²) in [5.41, 5.74) is 3.34. The topological polar surface area (TPSA) is 21.3 Å². The van der Waals surface area contributed by atoms with Crippen molar-refractivity contribution in [1.29, 1.82) is 0 Å². The molecule has 2 aromatic carbocycles. The van der Waals surface area contributed by atoms with Crippen LogP contribution < -0.4 is 5.32 Å². The Labute approximate surface area is 151 Å². The molecule has 0 heterocycles. The number of allylic oxidation sites excluding steroid dienone is 2. The molecule has 1 aliphatic carbocycles. The number of hydrogen-bond acceptors (Lipinski definition) is 2. The first-order valence-corrected chi connectivity index (χ1v) is 8.78. The highest BCUT2D eigenvalue weighted by Gasteiger charge is 2.28. The van der Waals surface area contributed by atoms with Crippen molar-refractivity contribution in [3.05, 3.63) is 82.0 Å². The third-order valence-corrected chi connectivity index (χ3v) is 4.84. The summed E-state index contributed by atoms with van der Waals surface area (Å²) in [5, 5.41) is 3.49. The van der Waals surface area contributed by atoms with Crippen molar-refractivity contribution in [2.45, 2.75) is 12.0 Å². The minimum atomic E-state index is -0.292. The molecule has 2 nitrogen and oxygen atoms in total. The Kier molecular flexibility index (Phi) is 5.18. The molecular weight excluding hydrogens is 397 g/mol. The van der Waals surface area contributed by atoms with E-state index in [1.54, 1.807) is 7.11 Å². The van der Waals surface area contributed by atoms with Gasteiger partial charge in [-0.2, -0.15) is 0 Å². The molecule has 0 bridgehead atoms. The number of hydrogen-bond donors (Lipinski definition) is 1. The molecule has 1 unspecified atom stereocenters. The Hall–Kier alpha value is -1.59. The molecular formula is C20H20INO. The highest BCUT2D eigenvalue weighted by molar-refractivity contribution is 14.1. The van der Waals surface area contributed by atoms with Crippen LogP contribution in [0.1, 0.15) is 12.0 Å². The van der Waals surface area contributed by atoms with Gasteiger partial charge in [0.2, 0.25) is 0 Å². The Morgan fingerprint density at radius 2 is 1.96 bits per heavy atom. The van der Waals surface area contributed by atoms with Gasteiger partial charge >= 0.3 is 0 Å². The lowest BCUT2D eigenvalue weighted by Gasteiger charge is -2.31. The van der Waals surface area contributed by atoms with Crippen molar-refractivity contribution >= 4 is 33.9 Å². The van der Waals surface area contributed by atoms with E-state index >= 15 is 0 Å². The molecule has 0 saturated heterocycles. The van der Waals surface area contributed by atoms with Crippen LogP contribution in [0.15, 0.2) is 72.8 Å². The van der Waals surface area contributed by atoms with Gasteiger partial charge in [0, 0.05) is 29.3 Å². The van der Waals surface area contributed by atoms with Crippen LogP contribution in [-0.4, -0.2) is 19.3 Å². The first-order chi connectivity index (χ1) is 11.2. The molecule has 1 atom stereocenters. The monoisotopic (exact) mass is 417 g/mol. The predicted octanol–water partition coefficient (Wildman–Crippen LogP) is 5.13. The molecule has 1 N–H and O–H groups in total. The van der Waals surface area contributed by atoms with Crippen molar-refractivity contribution < 1.29 is 4.74 Å². The summed E-state index contributed by atoms with van der Waals surface area (Å²) in [4.78, 5) is 0. The molecule has 0 fully saturated rings. The van der Waals surface area contributed by atoms with Gasteiger partial charge in [0.1, 0.15) is 5.60 Å². The van der Waals surface area contributed by atoms with E-state index in [1.165, 1.54) is 14.7 Å². The lowest BCUT2D eigenvalue weighted by atomic mass is 9.89. The van der Waals surface area contributed by atoms with Gasteiger partial charge in [-0.3, -0.25) is 0 Å². The highest BCUT2D eigenvalue weighted by atomic mass is 127. The SMILES string of the molecule is COC1(CNc2cccc(I)c2)C=CC(c2ccccc2)=CC1. The van der Waals surface area contributed by atoms with E-state index in [-0.39, 0.29) is 5.60 Å². The number of halogens is 1. The lowest BCUT2D eigenvalue weighted by molar-refractivity contribution is 0.0455. The van der Waals surface area contributed by atoms with Gasteiger partial charge in [0.25, 0.3) is 0 Å². The second-order valence-corrected chi connectivity index (χ2v) is 6.94. The molecule has 3 heteroatoms.